The maximum absolute atomic E-state index is 10.6. The molecule has 0 aliphatic rings. The van der Waals surface area contributed by atoms with Crippen LogP contribution in [-0.4, -0.2) is 5.97 Å². The van der Waals surface area contributed by atoms with Crippen molar-refractivity contribution in [3.63, 3.8) is 0 Å². The molecule has 0 fully saturated rings. The lowest BCUT2D eigenvalue weighted by Gasteiger charge is -2.05. The van der Waals surface area contributed by atoms with Gasteiger partial charge in [-0.2, -0.15) is 0 Å². The van der Waals surface area contributed by atoms with Crippen LogP contribution in [0.4, 0.5) is 0 Å². The number of hydrogen-bond donors (Lipinski definition) is 0. The van der Waals surface area contributed by atoms with Crippen LogP contribution in [0.3, 0.4) is 0 Å². The summed E-state index contributed by atoms with van der Waals surface area (Å²) in [6, 6.07) is 0. The highest BCUT2D eigenvalue weighted by atomic mass is 35.5. The smallest absolute Gasteiger partial charge is 0.327 e. The monoisotopic (exact) mass is 150 g/mol. The van der Waals surface area contributed by atoms with E-state index >= 15 is 0 Å². The van der Waals surface area contributed by atoms with Gasteiger partial charge in [-0.25, -0.2) is 0 Å². The summed E-state index contributed by atoms with van der Waals surface area (Å²) in [6.45, 7) is 3.87. The zero-order valence-electron chi connectivity index (χ0n) is 5.69. The van der Waals surface area contributed by atoms with Gasteiger partial charge in [-0.1, -0.05) is 13.8 Å². The van der Waals surface area contributed by atoms with Crippen LogP contribution in [0.2, 0.25) is 0 Å². The average Bonchev–Trinajstić information content (AvgIpc) is 1.90. The number of carbonyl (C=O) groups is 1. The lowest BCUT2D eigenvalue weighted by molar-refractivity contribution is -0.138. The van der Waals surface area contributed by atoms with E-state index in [4.69, 9.17) is 11.9 Å². The van der Waals surface area contributed by atoms with E-state index < -0.39 is 0 Å². The molecular formula is C6H11ClO2. The van der Waals surface area contributed by atoms with Gasteiger partial charge in [-0.05, 0) is 12.8 Å². The molecule has 0 aromatic heterocycles. The summed E-state index contributed by atoms with van der Waals surface area (Å²) in [5.41, 5.74) is 0. The van der Waals surface area contributed by atoms with Crippen molar-refractivity contribution in [2.24, 2.45) is 5.92 Å². The highest BCUT2D eigenvalue weighted by Gasteiger charge is 2.14. The molecule has 0 amide bonds. The second-order valence-electron chi connectivity index (χ2n) is 1.91. The molecule has 0 aromatic rings. The molecule has 9 heavy (non-hydrogen) atoms. The Morgan fingerprint density at radius 3 is 2.11 bits per heavy atom. The van der Waals surface area contributed by atoms with Crippen molar-refractivity contribution in [2.45, 2.75) is 26.7 Å². The van der Waals surface area contributed by atoms with E-state index in [9.17, 15) is 4.79 Å². The van der Waals surface area contributed by atoms with E-state index in [1.807, 2.05) is 13.8 Å². The van der Waals surface area contributed by atoms with E-state index in [-0.39, 0.29) is 11.9 Å². The van der Waals surface area contributed by atoms with E-state index in [2.05, 4.69) is 4.29 Å². The van der Waals surface area contributed by atoms with Crippen LogP contribution in [0.15, 0.2) is 0 Å². The van der Waals surface area contributed by atoms with Gasteiger partial charge < -0.3 is 4.29 Å². The van der Waals surface area contributed by atoms with E-state index in [0.29, 0.717) is 0 Å². The van der Waals surface area contributed by atoms with E-state index in [1.165, 1.54) is 0 Å². The second kappa shape index (κ2) is 4.62. The summed E-state index contributed by atoms with van der Waals surface area (Å²) in [4.78, 5) is 10.6. The van der Waals surface area contributed by atoms with Crippen LogP contribution in [0.25, 0.3) is 0 Å². The minimum absolute atomic E-state index is 0.0255. The van der Waals surface area contributed by atoms with Crippen molar-refractivity contribution in [1.82, 2.24) is 0 Å². The van der Waals surface area contributed by atoms with Gasteiger partial charge in [0.05, 0.1) is 5.92 Å². The quantitative estimate of drug-likeness (QED) is 0.616. The van der Waals surface area contributed by atoms with Crippen molar-refractivity contribution in [1.29, 1.82) is 0 Å². The standard InChI is InChI=1S/C6H11ClO2/c1-3-5(4-2)6(8)9-7/h5H,3-4H2,1-2H3. The maximum Gasteiger partial charge on any atom is 0.327 e. The lowest BCUT2D eigenvalue weighted by Crippen LogP contribution is -2.11. The molecule has 0 spiro atoms. The molecule has 0 unspecified atom stereocenters. The van der Waals surface area contributed by atoms with Crippen LogP contribution < -0.4 is 0 Å². The SMILES string of the molecule is CCC(CC)C(=O)OCl. The first-order valence-corrected chi connectivity index (χ1v) is 3.39. The summed E-state index contributed by atoms with van der Waals surface area (Å²) in [6.07, 6.45) is 1.59. The number of rotatable bonds is 3. The summed E-state index contributed by atoms with van der Waals surface area (Å²) in [7, 11) is 0. The van der Waals surface area contributed by atoms with Gasteiger partial charge in [0, 0.05) is 0 Å². The molecule has 0 saturated heterocycles. The molecule has 0 bridgehead atoms. The van der Waals surface area contributed by atoms with Gasteiger partial charge >= 0.3 is 5.97 Å². The fraction of sp³-hybridized carbons (Fsp3) is 0.833. The Balaban J connectivity index is 3.64. The molecule has 0 aliphatic carbocycles. The van der Waals surface area contributed by atoms with Crippen LogP contribution >= 0.6 is 11.9 Å². The molecule has 54 valence electrons. The van der Waals surface area contributed by atoms with Gasteiger partial charge in [0.25, 0.3) is 0 Å². The minimum Gasteiger partial charge on any atom is -0.347 e. The molecule has 3 heteroatoms. The lowest BCUT2D eigenvalue weighted by atomic mass is 10.0. The predicted molar refractivity (Wildman–Crippen MR) is 36.0 cm³/mol. The van der Waals surface area contributed by atoms with Crippen molar-refractivity contribution in [3.8, 4) is 0 Å². The molecule has 0 aromatic carbocycles. The normalized spacial score (nSPS) is 9.78. The van der Waals surface area contributed by atoms with Gasteiger partial charge in [0.15, 0.2) is 0 Å². The Bertz CT molecular complexity index is 89.1. The first-order chi connectivity index (χ1) is 4.26. The van der Waals surface area contributed by atoms with E-state index in [0.717, 1.165) is 12.8 Å². The third-order valence-electron chi connectivity index (χ3n) is 1.39. The topological polar surface area (TPSA) is 26.3 Å². The number of carbonyl (C=O) groups excluding carboxylic acids is 1. The largest absolute Gasteiger partial charge is 0.347 e. The highest BCUT2D eigenvalue weighted by molar-refractivity contribution is 6.13. The van der Waals surface area contributed by atoms with Crippen molar-refractivity contribution < 1.29 is 9.08 Å². The van der Waals surface area contributed by atoms with Gasteiger partial charge in [-0.15, -0.1) is 0 Å². The minimum atomic E-state index is -0.318. The summed E-state index contributed by atoms with van der Waals surface area (Å²) < 4.78 is 4.03. The van der Waals surface area contributed by atoms with Gasteiger partial charge in [0.1, 0.15) is 11.9 Å². The van der Waals surface area contributed by atoms with Crippen LogP contribution in [0.5, 0.6) is 0 Å². The van der Waals surface area contributed by atoms with Crippen molar-refractivity contribution in [3.05, 3.63) is 0 Å². The van der Waals surface area contributed by atoms with Gasteiger partial charge in [-0.3, -0.25) is 4.79 Å². The molecule has 0 rings (SSSR count). The number of halogens is 1. The average molecular weight is 151 g/mol. The summed E-state index contributed by atoms with van der Waals surface area (Å²) in [5.74, 6) is -0.343. The molecule has 2 nitrogen and oxygen atoms in total. The number of hydrogen-bond acceptors (Lipinski definition) is 2. The van der Waals surface area contributed by atoms with Crippen molar-refractivity contribution in [2.75, 3.05) is 0 Å². The predicted octanol–water partition coefficient (Wildman–Crippen LogP) is 2.12. The van der Waals surface area contributed by atoms with Crippen LogP contribution in [0, 0.1) is 5.92 Å². The Hall–Kier alpha value is -0.240. The molecular weight excluding hydrogens is 140 g/mol. The third kappa shape index (κ3) is 2.70. The second-order valence-corrected chi connectivity index (χ2v) is 2.06. The zero-order valence-corrected chi connectivity index (χ0v) is 6.44. The Kier molecular flexibility index (Phi) is 4.50. The summed E-state index contributed by atoms with van der Waals surface area (Å²) in [5, 5.41) is 0. The third-order valence-corrected chi connectivity index (χ3v) is 1.55. The summed E-state index contributed by atoms with van der Waals surface area (Å²) >= 11 is 4.85. The molecule has 0 radical (unpaired) electrons. The zero-order chi connectivity index (χ0) is 7.28. The maximum atomic E-state index is 10.6. The molecule has 0 atom stereocenters. The van der Waals surface area contributed by atoms with Crippen LogP contribution in [-0.2, 0) is 9.08 Å². The Morgan fingerprint density at radius 2 is 2.00 bits per heavy atom. The fourth-order valence-corrected chi connectivity index (χ4v) is 0.811. The van der Waals surface area contributed by atoms with Gasteiger partial charge in [0.2, 0.25) is 0 Å². The fourth-order valence-electron chi connectivity index (χ4n) is 0.685. The van der Waals surface area contributed by atoms with Crippen molar-refractivity contribution >= 4 is 17.8 Å². The first kappa shape index (κ1) is 8.76. The molecule has 0 aliphatic heterocycles. The molecule has 0 saturated carbocycles. The first-order valence-electron chi connectivity index (χ1n) is 3.08. The Morgan fingerprint density at radius 1 is 1.56 bits per heavy atom. The highest BCUT2D eigenvalue weighted by Crippen LogP contribution is 2.09. The van der Waals surface area contributed by atoms with Crippen LogP contribution in [0.1, 0.15) is 26.7 Å². The Labute approximate surface area is 60.3 Å². The molecule has 0 N–H and O–H groups in total. The molecule has 0 heterocycles. The van der Waals surface area contributed by atoms with E-state index in [1.54, 1.807) is 0 Å².